The van der Waals surface area contributed by atoms with Crippen molar-refractivity contribution in [3.8, 4) is 0 Å². The first-order valence-electron chi connectivity index (χ1n) is 8.43. The van der Waals surface area contributed by atoms with E-state index in [1.165, 1.54) is 38.4 Å². The molecule has 5 heteroatoms. The van der Waals surface area contributed by atoms with Crippen LogP contribution in [0, 0.1) is 23.7 Å². The van der Waals surface area contributed by atoms with Crippen molar-refractivity contribution in [1.82, 2.24) is 20.1 Å². The molecule has 1 aromatic rings. The molecule has 0 aliphatic heterocycles. The predicted molar refractivity (Wildman–Crippen MR) is 78.2 cm³/mol. The Kier molecular flexibility index (Phi) is 3.43. The van der Waals surface area contributed by atoms with Crippen molar-refractivity contribution >= 4 is 5.91 Å². The van der Waals surface area contributed by atoms with Crippen LogP contribution in [-0.2, 0) is 11.3 Å². The van der Waals surface area contributed by atoms with Crippen molar-refractivity contribution in [3.63, 3.8) is 0 Å². The normalized spacial score (nSPS) is 36.9. The highest BCUT2D eigenvalue weighted by molar-refractivity contribution is 5.76. The lowest BCUT2D eigenvalue weighted by atomic mass is 9.79. The lowest BCUT2D eigenvalue weighted by Crippen LogP contribution is -2.42. The van der Waals surface area contributed by atoms with Crippen molar-refractivity contribution in [2.24, 2.45) is 23.7 Å². The number of hydrogen-bond acceptors (Lipinski definition) is 3. The number of nitrogens with one attached hydrogen (secondary N) is 1. The van der Waals surface area contributed by atoms with Crippen molar-refractivity contribution in [2.75, 3.05) is 0 Å². The fraction of sp³-hybridized carbons (Fsp3) is 0.812. The second-order valence-corrected chi connectivity index (χ2v) is 7.09. The van der Waals surface area contributed by atoms with Gasteiger partial charge in [0.05, 0.1) is 0 Å². The Morgan fingerprint density at radius 2 is 2.14 bits per heavy atom. The highest BCUT2D eigenvalue weighted by atomic mass is 16.1. The minimum absolute atomic E-state index is 0.224. The first-order chi connectivity index (χ1) is 10.3. The van der Waals surface area contributed by atoms with Crippen LogP contribution in [0.3, 0.4) is 0 Å². The largest absolute Gasteiger partial charge is 0.353 e. The number of nitrogens with zero attached hydrogens (tertiary/aromatic N) is 3. The molecule has 3 aliphatic carbocycles. The van der Waals surface area contributed by atoms with E-state index in [1.807, 2.05) is 0 Å². The maximum Gasteiger partial charge on any atom is 0.220 e. The van der Waals surface area contributed by atoms with Crippen molar-refractivity contribution < 1.29 is 4.79 Å². The fourth-order valence-electron chi connectivity index (χ4n) is 5.26. The van der Waals surface area contributed by atoms with E-state index in [0.717, 1.165) is 36.6 Å². The van der Waals surface area contributed by atoms with Crippen LogP contribution < -0.4 is 5.32 Å². The van der Waals surface area contributed by atoms with Crippen LogP contribution in [-0.4, -0.2) is 26.7 Å². The molecule has 3 saturated carbocycles. The Morgan fingerprint density at radius 1 is 1.24 bits per heavy atom. The maximum absolute atomic E-state index is 12.1. The molecule has 0 spiro atoms. The third-order valence-corrected chi connectivity index (χ3v) is 6.03. The fourth-order valence-corrected chi connectivity index (χ4v) is 5.26. The van der Waals surface area contributed by atoms with Gasteiger partial charge in [0.2, 0.25) is 5.91 Å². The number of hydrogen-bond donors (Lipinski definition) is 1. The molecule has 0 aromatic carbocycles. The van der Waals surface area contributed by atoms with Gasteiger partial charge in [-0.15, -0.1) is 0 Å². The Hall–Kier alpha value is -1.39. The Labute approximate surface area is 125 Å². The molecule has 0 unspecified atom stereocenters. The summed E-state index contributed by atoms with van der Waals surface area (Å²) in [6, 6.07) is 0.466. The summed E-state index contributed by atoms with van der Waals surface area (Å²) in [6.07, 6.45) is 11.6. The lowest BCUT2D eigenvalue weighted by Gasteiger charge is -2.32. The van der Waals surface area contributed by atoms with Crippen LogP contribution in [0.5, 0.6) is 0 Å². The summed E-state index contributed by atoms with van der Waals surface area (Å²) in [7, 11) is 0. The molecule has 5 atom stereocenters. The van der Waals surface area contributed by atoms with Crippen LogP contribution in [0.2, 0.25) is 0 Å². The highest BCUT2D eigenvalue weighted by Gasteiger charge is 2.53. The van der Waals surface area contributed by atoms with Gasteiger partial charge in [-0.3, -0.25) is 9.48 Å². The molecule has 114 valence electrons. The van der Waals surface area contributed by atoms with Crippen molar-refractivity contribution in [2.45, 2.75) is 57.5 Å². The zero-order valence-electron chi connectivity index (χ0n) is 12.4. The van der Waals surface area contributed by atoms with E-state index in [1.54, 1.807) is 11.0 Å². The molecule has 1 heterocycles. The van der Waals surface area contributed by atoms with Crippen LogP contribution >= 0.6 is 0 Å². The first kappa shape index (κ1) is 13.3. The third kappa shape index (κ3) is 2.47. The molecular formula is C16H24N4O. The zero-order valence-corrected chi connectivity index (χ0v) is 12.4. The molecule has 4 rings (SSSR count). The van der Waals surface area contributed by atoms with Crippen LogP contribution in [0.25, 0.3) is 0 Å². The Bertz CT molecular complexity index is 500. The van der Waals surface area contributed by atoms with E-state index in [-0.39, 0.29) is 5.91 Å². The number of aryl methyl sites for hydroxylation is 1. The van der Waals surface area contributed by atoms with Gasteiger partial charge < -0.3 is 5.32 Å². The molecule has 3 fully saturated rings. The second kappa shape index (κ2) is 5.43. The maximum atomic E-state index is 12.1. The zero-order chi connectivity index (χ0) is 14.2. The van der Waals surface area contributed by atoms with Gasteiger partial charge in [-0.2, -0.15) is 5.10 Å². The quantitative estimate of drug-likeness (QED) is 0.901. The van der Waals surface area contributed by atoms with Crippen molar-refractivity contribution in [1.29, 1.82) is 0 Å². The minimum Gasteiger partial charge on any atom is -0.353 e. The van der Waals surface area contributed by atoms with Gasteiger partial charge in [-0.25, -0.2) is 4.98 Å². The summed E-state index contributed by atoms with van der Waals surface area (Å²) >= 11 is 0. The SMILES string of the molecule is O=C(CCCn1cncn1)N[C@@H]1C[C@H]2C[C@H]1[C@H]1CCC[C@H]21. The number of carbonyl (C=O) groups is 1. The summed E-state index contributed by atoms with van der Waals surface area (Å²) in [4.78, 5) is 16.1. The van der Waals surface area contributed by atoms with Gasteiger partial charge in [-0.05, 0) is 55.8 Å². The lowest BCUT2D eigenvalue weighted by molar-refractivity contribution is -0.122. The van der Waals surface area contributed by atoms with E-state index in [0.29, 0.717) is 12.5 Å². The molecule has 0 radical (unpaired) electrons. The summed E-state index contributed by atoms with van der Waals surface area (Å²) in [5, 5.41) is 7.38. The van der Waals surface area contributed by atoms with Gasteiger partial charge >= 0.3 is 0 Å². The van der Waals surface area contributed by atoms with Gasteiger partial charge in [0, 0.05) is 19.0 Å². The van der Waals surface area contributed by atoms with E-state index < -0.39 is 0 Å². The first-order valence-corrected chi connectivity index (χ1v) is 8.43. The average molecular weight is 288 g/mol. The third-order valence-electron chi connectivity index (χ3n) is 6.03. The average Bonchev–Trinajstić information content (AvgIpc) is 3.21. The Balaban J connectivity index is 1.24. The van der Waals surface area contributed by atoms with E-state index in [9.17, 15) is 4.79 Å². The van der Waals surface area contributed by atoms with Crippen LogP contribution in [0.15, 0.2) is 12.7 Å². The molecular weight excluding hydrogens is 264 g/mol. The summed E-state index contributed by atoms with van der Waals surface area (Å²) in [5.74, 6) is 3.83. The van der Waals surface area contributed by atoms with Crippen LogP contribution in [0.1, 0.15) is 44.9 Å². The standard InChI is InChI=1S/C16H24N4O/c21-16(5-2-6-20-10-17-9-18-20)19-15-8-11-7-14(15)13-4-1-3-12(11)13/h9-15H,1-8H2,(H,19,21)/t11-,12-,13+,14+,15-/m1/s1. The molecule has 5 nitrogen and oxygen atoms in total. The van der Waals surface area contributed by atoms with Gasteiger partial charge in [0.25, 0.3) is 0 Å². The van der Waals surface area contributed by atoms with E-state index in [2.05, 4.69) is 15.4 Å². The van der Waals surface area contributed by atoms with Gasteiger partial charge in [-0.1, -0.05) is 6.42 Å². The number of amides is 1. The second-order valence-electron chi connectivity index (χ2n) is 7.09. The molecule has 1 N–H and O–H groups in total. The number of carbonyl (C=O) groups excluding carboxylic acids is 1. The minimum atomic E-state index is 0.224. The molecule has 1 amide bonds. The summed E-state index contributed by atoms with van der Waals surface area (Å²) in [6.45, 7) is 0.773. The molecule has 2 bridgehead atoms. The summed E-state index contributed by atoms with van der Waals surface area (Å²) < 4.78 is 1.79. The van der Waals surface area contributed by atoms with Gasteiger partial charge in [0.15, 0.2) is 0 Å². The molecule has 21 heavy (non-hydrogen) atoms. The number of rotatable bonds is 5. The predicted octanol–water partition coefficient (Wildman–Crippen LogP) is 2.00. The topological polar surface area (TPSA) is 59.8 Å². The van der Waals surface area contributed by atoms with Crippen LogP contribution in [0.4, 0.5) is 0 Å². The molecule has 0 saturated heterocycles. The monoisotopic (exact) mass is 288 g/mol. The molecule has 3 aliphatic rings. The van der Waals surface area contributed by atoms with E-state index >= 15 is 0 Å². The van der Waals surface area contributed by atoms with Crippen molar-refractivity contribution in [3.05, 3.63) is 12.7 Å². The Morgan fingerprint density at radius 3 is 3.00 bits per heavy atom. The number of aromatic nitrogens is 3. The highest BCUT2D eigenvalue weighted by Crippen LogP contribution is 2.58. The van der Waals surface area contributed by atoms with Gasteiger partial charge in [0.1, 0.15) is 12.7 Å². The molecule has 1 aromatic heterocycles. The smallest absolute Gasteiger partial charge is 0.220 e. The summed E-state index contributed by atoms with van der Waals surface area (Å²) in [5.41, 5.74) is 0. The number of fused-ring (bicyclic) bond motifs is 5. The van der Waals surface area contributed by atoms with E-state index in [4.69, 9.17) is 0 Å².